The van der Waals surface area contributed by atoms with Gasteiger partial charge >= 0.3 is 0 Å². The van der Waals surface area contributed by atoms with Gasteiger partial charge in [0.1, 0.15) is 5.75 Å². The molecular formula is C19H23N3O3. The van der Waals surface area contributed by atoms with Gasteiger partial charge in [-0.2, -0.15) is 0 Å². The molecule has 25 heavy (non-hydrogen) atoms. The van der Waals surface area contributed by atoms with Crippen molar-refractivity contribution in [1.29, 1.82) is 0 Å². The number of amides is 2. The Labute approximate surface area is 147 Å². The number of hydrogen-bond acceptors (Lipinski definition) is 3. The van der Waals surface area contributed by atoms with Crippen LogP contribution in [-0.4, -0.2) is 47.9 Å². The van der Waals surface area contributed by atoms with Crippen LogP contribution in [0.5, 0.6) is 5.75 Å². The Hall–Kier alpha value is -2.76. The fraction of sp³-hybridized carbons (Fsp3) is 0.368. The minimum atomic E-state index is -0.0574. The van der Waals surface area contributed by atoms with E-state index in [2.05, 4.69) is 10.3 Å². The first kappa shape index (κ1) is 17.1. The van der Waals surface area contributed by atoms with Crippen molar-refractivity contribution in [2.75, 3.05) is 20.2 Å². The number of nitrogens with one attached hydrogen (secondary N) is 2. The summed E-state index contributed by atoms with van der Waals surface area (Å²) in [5.41, 5.74) is 2.42. The monoisotopic (exact) mass is 341 g/mol. The van der Waals surface area contributed by atoms with Crippen LogP contribution < -0.4 is 10.1 Å². The summed E-state index contributed by atoms with van der Waals surface area (Å²) in [4.78, 5) is 29.1. The number of piperidine rings is 1. The van der Waals surface area contributed by atoms with Crippen LogP contribution in [0.3, 0.4) is 0 Å². The second kappa shape index (κ2) is 7.42. The molecule has 6 heteroatoms. The van der Waals surface area contributed by atoms with Crippen LogP contribution in [0.4, 0.5) is 0 Å². The first-order valence-electron chi connectivity index (χ1n) is 8.46. The van der Waals surface area contributed by atoms with Gasteiger partial charge in [0.05, 0.1) is 12.7 Å². The molecule has 1 aliphatic rings. The highest BCUT2D eigenvalue weighted by Crippen LogP contribution is 2.28. The molecule has 1 fully saturated rings. The number of aromatic amines is 1. The Morgan fingerprint density at radius 2 is 2.16 bits per heavy atom. The summed E-state index contributed by atoms with van der Waals surface area (Å²) in [6.07, 6.45) is 5.35. The molecule has 2 heterocycles. The Bertz CT molecular complexity index is 769. The van der Waals surface area contributed by atoms with Crippen molar-refractivity contribution >= 4 is 11.8 Å². The Morgan fingerprint density at radius 1 is 1.32 bits per heavy atom. The van der Waals surface area contributed by atoms with Crippen LogP contribution in [0.1, 0.15) is 30.1 Å². The number of nitrogens with zero attached hydrogens (tertiary/aromatic N) is 1. The van der Waals surface area contributed by atoms with E-state index in [1.807, 2.05) is 35.4 Å². The van der Waals surface area contributed by atoms with E-state index < -0.39 is 0 Å². The van der Waals surface area contributed by atoms with Gasteiger partial charge in [-0.05, 0) is 30.5 Å². The van der Waals surface area contributed by atoms with Gasteiger partial charge in [0.2, 0.25) is 5.91 Å². The fourth-order valence-electron chi connectivity index (χ4n) is 3.31. The first-order valence-corrected chi connectivity index (χ1v) is 8.46. The lowest BCUT2D eigenvalue weighted by Crippen LogP contribution is -2.49. The minimum absolute atomic E-state index is 0.0193. The summed E-state index contributed by atoms with van der Waals surface area (Å²) in [7, 11) is 1.62. The number of rotatable bonds is 4. The van der Waals surface area contributed by atoms with E-state index in [9.17, 15) is 9.59 Å². The fourth-order valence-corrected chi connectivity index (χ4v) is 3.31. The first-order chi connectivity index (χ1) is 12.1. The van der Waals surface area contributed by atoms with Crippen LogP contribution in [0.15, 0.2) is 36.7 Å². The van der Waals surface area contributed by atoms with Crippen LogP contribution in [0.2, 0.25) is 0 Å². The van der Waals surface area contributed by atoms with Gasteiger partial charge in [-0.15, -0.1) is 0 Å². The van der Waals surface area contributed by atoms with Gasteiger partial charge in [-0.1, -0.05) is 12.1 Å². The molecule has 0 spiro atoms. The van der Waals surface area contributed by atoms with Gasteiger partial charge < -0.3 is 19.9 Å². The Kier molecular flexibility index (Phi) is 5.07. The van der Waals surface area contributed by atoms with Crippen LogP contribution in [-0.2, 0) is 4.79 Å². The number of H-pyrrole nitrogens is 1. The number of methoxy groups -OCH3 is 1. The summed E-state index contributed by atoms with van der Waals surface area (Å²) >= 11 is 0. The zero-order chi connectivity index (χ0) is 17.8. The quantitative estimate of drug-likeness (QED) is 0.897. The second-order valence-electron chi connectivity index (χ2n) is 6.31. The minimum Gasteiger partial charge on any atom is -0.497 e. The van der Waals surface area contributed by atoms with Crippen molar-refractivity contribution in [3.05, 3.63) is 42.2 Å². The lowest BCUT2D eigenvalue weighted by molar-refractivity contribution is -0.120. The molecule has 3 rings (SSSR count). The topological polar surface area (TPSA) is 74.4 Å². The average molecular weight is 341 g/mol. The standard InChI is InChI=1S/C19H23N3O3/c1-13(23)21-15-6-4-8-22(12-15)19(24)18-11-20-10-17(18)14-5-3-7-16(9-14)25-2/h3,5,7,9-11,15,20H,4,6,8,12H2,1-2H3,(H,21,23)/t15-/m0/s1. The van der Waals surface area contributed by atoms with Crippen molar-refractivity contribution in [3.8, 4) is 16.9 Å². The molecular weight excluding hydrogens is 318 g/mol. The number of aromatic nitrogens is 1. The maximum absolute atomic E-state index is 13.0. The largest absolute Gasteiger partial charge is 0.497 e. The van der Waals surface area contributed by atoms with Gasteiger partial charge in [-0.3, -0.25) is 9.59 Å². The molecule has 0 saturated carbocycles. The van der Waals surface area contributed by atoms with Crippen molar-refractivity contribution in [1.82, 2.24) is 15.2 Å². The predicted octanol–water partition coefficient (Wildman–Crippen LogP) is 2.43. The number of likely N-dealkylation sites (tertiary alicyclic amines) is 1. The zero-order valence-electron chi connectivity index (χ0n) is 14.5. The molecule has 1 atom stereocenters. The highest BCUT2D eigenvalue weighted by Gasteiger charge is 2.26. The van der Waals surface area contributed by atoms with Gasteiger partial charge in [0.15, 0.2) is 0 Å². The highest BCUT2D eigenvalue weighted by molar-refractivity contribution is 6.01. The molecule has 1 saturated heterocycles. The van der Waals surface area contributed by atoms with E-state index in [0.717, 1.165) is 29.7 Å². The molecule has 0 unspecified atom stereocenters. The Balaban J connectivity index is 1.81. The smallest absolute Gasteiger partial charge is 0.256 e. The number of carbonyl (C=O) groups excluding carboxylic acids is 2. The predicted molar refractivity (Wildman–Crippen MR) is 95.5 cm³/mol. The van der Waals surface area contributed by atoms with Gasteiger partial charge in [0, 0.05) is 44.0 Å². The molecule has 1 aromatic heterocycles. The van der Waals surface area contributed by atoms with Gasteiger partial charge in [0.25, 0.3) is 5.91 Å². The lowest BCUT2D eigenvalue weighted by Gasteiger charge is -2.33. The van der Waals surface area contributed by atoms with Gasteiger partial charge in [-0.25, -0.2) is 0 Å². The summed E-state index contributed by atoms with van der Waals surface area (Å²) in [6, 6.07) is 7.67. The number of carbonyl (C=O) groups is 2. The lowest BCUT2D eigenvalue weighted by atomic mass is 10.0. The Morgan fingerprint density at radius 3 is 2.92 bits per heavy atom. The SMILES string of the molecule is COc1cccc(-c2c[nH]cc2C(=O)N2CCC[C@H](NC(C)=O)C2)c1. The van der Waals surface area contributed by atoms with Crippen LogP contribution in [0, 0.1) is 0 Å². The van der Waals surface area contributed by atoms with Crippen molar-refractivity contribution < 1.29 is 14.3 Å². The number of benzene rings is 1. The van der Waals surface area contributed by atoms with Crippen LogP contribution >= 0.6 is 0 Å². The molecule has 2 N–H and O–H groups in total. The number of ether oxygens (including phenoxy) is 1. The molecule has 132 valence electrons. The molecule has 6 nitrogen and oxygen atoms in total. The molecule has 2 aromatic rings. The molecule has 0 bridgehead atoms. The summed E-state index contributed by atoms with van der Waals surface area (Å²) in [5, 5.41) is 2.92. The third kappa shape index (κ3) is 3.84. The maximum Gasteiger partial charge on any atom is 0.256 e. The molecule has 1 aromatic carbocycles. The van der Waals surface area contributed by atoms with Crippen molar-refractivity contribution in [2.45, 2.75) is 25.8 Å². The van der Waals surface area contributed by atoms with E-state index in [1.165, 1.54) is 6.92 Å². The summed E-state index contributed by atoms with van der Waals surface area (Å²) in [6.45, 7) is 2.76. The summed E-state index contributed by atoms with van der Waals surface area (Å²) < 4.78 is 5.27. The maximum atomic E-state index is 13.0. The second-order valence-corrected chi connectivity index (χ2v) is 6.31. The molecule has 2 amide bonds. The number of hydrogen-bond donors (Lipinski definition) is 2. The zero-order valence-corrected chi connectivity index (χ0v) is 14.5. The van der Waals surface area contributed by atoms with E-state index >= 15 is 0 Å². The molecule has 0 radical (unpaired) electrons. The highest BCUT2D eigenvalue weighted by atomic mass is 16.5. The third-order valence-corrected chi connectivity index (χ3v) is 4.47. The summed E-state index contributed by atoms with van der Waals surface area (Å²) in [5.74, 6) is 0.674. The third-order valence-electron chi connectivity index (χ3n) is 4.47. The molecule has 0 aliphatic carbocycles. The van der Waals surface area contributed by atoms with E-state index in [4.69, 9.17) is 4.74 Å². The van der Waals surface area contributed by atoms with E-state index in [1.54, 1.807) is 13.3 Å². The van der Waals surface area contributed by atoms with Crippen molar-refractivity contribution in [2.24, 2.45) is 0 Å². The van der Waals surface area contributed by atoms with E-state index in [0.29, 0.717) is 18.7 Å². The van der Waals surface area contributed by atoms with Crippen LogP contribution in [0.25, 0.3) is 11.1 Å². The van der Waals surface area contributed by atoms with E-state index in [-0.39, 0.29) is 17.9 Å². The normalized spacial score (nSPS) is 17.2. The average Bonchev–Trinajstić information content (AvgIpc) is 3.10. The van der Waals surface area contributed by atoms with Crippen molar-refractivity contribution in [3.63, 3.8) is 0 Å². The molecule has 1 aliphatic heterocycles.